The van der Waals surface area contributed by atoms with Gasteiger partial charge in [0.1, 0.15) is 17.6 Å². The number of aliphatic hydroxyl groups is 1. The molecule has 10 nitrogen and oxygen atoms in total. The van der Waals surface area contributed by atoms with Crippen LogP contribution in [0.2, 0.25) is 0 Å². The third-order valence-electron chi connectivity index (χ3n) is 9.26. The van der Waals surface area contributed by atoms with Crippen molar-refractivity contribution in [3.05, 3.63) is 92.4 Å². The highest BCUT2D eigenvalue weighted by Crippen LogP contribution is 2.32. The van der Waals surface area contributed by atoms with Gasteiger partial charge in [0.25, 0.3) is 0 Å². The third kappa shape index (κ3) is 8.53. The fourth-order valence-electron chi connectivity index (χ4n) is 6.69. The van der Waals surface area contributed by atoms with Gasteiger partial charge in [-0.3, -0.25) is 9.69 Å². The van der Waals surface area contributed by atoms with E-state index < -0.39 is 6.10 Å². The Labute approximate surface area is 278 Å². The van der Waals surface area contributed by atoms with E-state index in [9.17, 15) is 19.8 Å². The number of alkyl carbamates (subject to hydrolysis) is 1. The smallest absolute Gasteiger partial charge is 0.408 e. The number of H-pyrrole nitrogens is 1. The zero-order chi connectivity index (χ0) is 32.6. The van der Waals surface area contributed by atoms with Gasteiger partial charge >= 0.3 is 6.09 Å². The van der Waals surface area contributed by atoms with Crippen molar-refractivity contribution in [3.8, 4) is 11.5 Å². The number of nitrogens with one attached hydrogen (secondary N) is 3. The molecule has 3 aliphatic heterocycles. The fraction of sp³-hybridized carbons (Fsp3) is 0.444. The Bertz CT molecular complexity index is 1670. The highest BCUT2D eigenvalue weighted by atomic mass is 32.1. The van der Waals surface area contributed by atoms with E-state index in [2.05, 4.69) is 20.5 Å². The van der Waals surface area contributed by atoms with Crippen LogP contribution in [0.5, 0.6) is 11.5 Å². The third-order valence-corrected chi connectivity index (χ3v) is 10.2. The van der Waals surface area contributed by atoms with Crippen molar-refractivity contribution in [2.75, 3.05) is 39.3 Å². The Kier molecular flexibility index (Phi) is 11.1. The van der Waals surface area contributed by atoms with E-state index in [1.807, 2.05) is 41.8 Å². The zero-order valence-electron chi connectivity index (χ0n) is 26.5. The summed E-state index contributed by atoms with van der Waals surface area (Å²) in [6, 6.07) is 17.8. The van der Waals surface area contributed by atoms with Crippen LogP contribution in [0.15, 0.2) is 70.8 Å². The van der Waals surface area contributed by atoms with Crippen molar-refractivity contribution in [1.29, 1.82) is 0 Å². The lowest BCUT2D eigenvalue weighted by Crippen LogP contribution is -2.52. The maximum absolute atomic E-state index is 13.0. The van der Waals surface area contributed by atoms with Crippen LogP contribution in [0.3, 0.4) is 0 Å². The monoisotopic (exact) mass is 660 g/mol. The molecular formula is C36H44N4O6S. The number of piperidine rings is 3. The number of thiophene rings is 1. The number of ether oxygens (including phenoxy) is 2. The quantitative estimate of drug-likeness (QED) is 0.106. The van der Waals surface area contributed by atoms with E-state index in [0.717, 1.165) is 80.9 Å². The summed E-state index contributed by atoms with van der Waals surface area (Å²) in [6.07, 6.45) is 4.95. The van der Waals surface area contributed by atoms with Crippen molar-refractivity contribution in [1.82, 2.24) is 20.5 Å². The number of hydrogen-bond acceptors (Lipinski definition) is 9. The van der Waals surface area contributed by atoms with Gasteiger partial charge in [0.05, 0.1) is 24.3 Å². The van der Waals surface area contributed by atoms with E-state index in [1.54, 1.807) is 23.5 Å². The first-order valence-corrected chi connectivity index (χ1v) is 17.5. The van der Waals surface area contributed by atoms with Gasteiger partial charge in [-0.25, -0.2) is 4.79 Å². The van der Waals surface area contributed by atoms with Gasteiger partial charge in [0.15, 0.2) is 0 Å². The lowest BCUT2D eigenvalue weighted by Gasteiger charge is -2.43. The molecule has 250 valence electrons. The number of nitrogens with zero attached hydrogens (tertiary/aromatic N) is 1. The van der Waals surface area contributed by atoms with Gasteiger partial charge in [0.2, 0.25) is 5.56 Å². The second kappa shape index (κ2) is 15.8. The van der Waals surface area contributed by atoms with Gasteiger partial charge in [0, 0.05) is 29.4 Å². The van der Waals surface area contributed by atoms with E-state index in [1.165, 1.54) is 12.1 Å². The standard InChI is InChI=1S/C36H44N4O6S/c41-29-12-10-27(28-11-13-33(43)38-35(28)29)30(42)22-37-16-3-1-2-4-19-45-26-8-5-7-25(21-26)34(32-9-6-20-47-32)39-36(44)46-31-23-40-17-14-24(31)15-18-40/h5-13,20-21,24,30-31,34,37,41-42H,1-4,14-19,22-23H2,(H,38,43)(H,39,44). The summed E-state index contributed by atoms with van der Waals surface area (Å²) in [5.41, 5.74) is 1.65. The van der Waals surface area contributed by atoms with Gasteiger partial charge in [-0.2, -0.15) is 0 Å². The molecule has 5 heterocycles. The second-order valence-electron chi connectivity index (χ2n) is 12.5. The highest BCUT2D eigenvalue weighted by molar-refractivity contribution is 7.10. The average Bonchev–Trinajstić information content (AvgIpc) is 3.62. The lowest BCUT2D eigenvalue weighted by molar-refractivity contribution is -0.0336. The molecule has 5 N–H and O–H groups in total. The number of hydrogen-bond donors (Lipinski definition) is 5. The van der Waals surface area contributed by atoms with Crippen LogP contribution in [0.4, 0.5) is 4.79 Å². The first-order chi connectivity index (χ1) is 22.9. The highest BCUT2D eigenvalue weighted by Gasteiger charge is 2.37. The number of carbonyl (C=O) groups excluding carboxylic acids is 1. The minimum atomic E-state index is -0.765. The van der Waals surface area contributed by atoms with Crippen molar-refractivity contribution >= 4 is 28.3 Å². The molecule has 2 aromatic heterocycles. The van der Waals surface area contributed by atoms with E-state index in [0.29, 0.717) is 35.5 Å². The molecule has 47 heavy (non-hydrogen) atoms. The normalized spacial score (nSPS) is 20.1. The summed E-state index contributed by atoms with van der Waals surface area (Å²) < 4.78 is 12.0. The minimum Gasteiger partial charge on any atom is -0.506 e. The summed E-state index contributed by atoms with van der Waals surface area (Å²) in [5, 5.41) is 29.9. The first-order valence-electron chi connectivity index (χ1n) is 16.6. The van der Waals surface area contributed by atoms with Crippen LogP contribution in [0.25, 0.3) is 10.9 Å². The number of aromatic amines is 1. The maximum Gasteiger partial charge on any atom is 0.408 e. The number of amides is 1. The Hall–Kier alpha value is -3.90. The predicted molar refractivity (Wildman–Crippen MR) is 183 cm³/mol. The lowest BCUT2D eigenvalue weighted by atomic mass is 9.86. The van der Waals surface area contributed by atoms with E-state index in [4.69, 9.17) is 9.47 Å². The van der Waals surface area contributed by atoms with Crippen molar-refractivity contribution in [2.24, 2.45) is 5.92 Å². The molecule has 0 aliphatic carbocycles. The maximum atomic E-state index is 13.0. The number of aromatic hydroxyl groups is 1. The number of benzene rings is 2. The average molecular weight is 661 g/mol. The molecule has 0 spiro atoms. The predicted octanol–water partition coefficient (Wildman–Crippen LogP) is 5.47. The number of carbonyl (C=O) groups is 1. The molecule has 3 aliphatic rings. The van der Waals surface area contributed by atoms with E-state index in [-0.39, 0.29) is 29.5 Å². The molecule has 2 aromatic carbocycles. The zero-order valence-corrected chi connectivity index (χ0v) is 27.3. The molecule has 1 amide bonds. The topological polar surface area (TPSA) is 136 Å². The molecular weight excluding hydrogens is 616 g/mol. The summed E-state index contributed by atoms with van der Waals surface area (Å²) in [7, 11) is 0. The summed E-state index contributed by atoms with van der Waals surface area (Å²) in [6.45, 7) is 4.78. The molecule has 11 heteroatoms. The van der Waals surface area contributed by atoms with Crippen molar-refractivity contribution < 1.29 is 24.5 Å². The number of rotatable bonds is 15. The van der Waals surface area contributed by atoms with Crippen molar-refractivity contribution in [2.45, 2.75) is 56.8 Å². The van der Waals surface area contributed by atoms with Crippen LogP contribution in [-0.2, 0) is 4.74 Å². The molecule has 3 unspecified atom stereocenters. The summed E-state index contributed by atoms with van der Waals surface area (Å²) in [4.78, 5) is 30.7. The number of aliphatic hydroxyl groups excluding tert-OH is 1. The first kappa shape index (κ1) is 33.0. The number of phenolic OH excluding ortho intramolecular Hbond substituents is 1. The number of pyridine rings is 1. The SMILES string of the molecule is O=C(NC(c1cccc(OCCCCCCNCC(O)c2ccc(O)c3[nH]c(=O)ccc23)c1)c1cccs1)OC1CN2CCC1CC2. The Morgan fingerprint density at radius 3 is 2.68 bits per heavy atom. The summed E-state index contributed by atoms with van der Waals surface area (Å²) in [5.74, 6) is 1.21. The van der Waals surface area contributed by atoms with Gasteiger partial charge < -0.3 is 35.3 Å². The number of aromatic nitrogens is 1. The fourth-order valence-corrected chi connectivity index (χ4v) is 7.49. The molecule has 7 rings (SSSR count). The number of fused-ring (bicyclic) bond motifs is 4. The van der Waals surface area contributed by atoms with Gasteiger partial charge in [-0.1, -0.05) is 37.1 Å². The van der Waals surface area contributed by atoms with Crippen molar-refractivity contribution in [3.63, 3.8) is 0 Å². The van der Waals surface area contributed by atoms with E-state index >= 15 is 0 Å². The molecule has 4 aromatic rings. The van der Waals surface area contributed by atoms with Crippen LogP contribution < -0.4 is 20.9 Å². The summed E-state index contributed by atoms with van der Waals surface area (Å²) >= 11 is 1.61. The van der Waals surface area contributed by atoms with Crippen LogP contribution >= 0.6 is 11.3 Å². The molecule has 0 saturated carbocycles. The largest absolute Gasteiger partial charge is 0.506 e. The molecule has 3 fully saturated rings. The number of phenols is 1. The molecule has 0 radical (unpaired) electrons. The van der Waals surface area contributed by atoms with Gasteiger partial charge in [-0.05, 0) is 98.1 Å². The van der Waals surface area contributed by atoms with Gasteiger partial charge in [-0.15, -0.1) is 11.3 Å². The Balaban J connectivity index is 0.912. The Morgan fingerprint density at radius 2 is 1.89 bits per heavy atom. The minimum absolute atomic E-state index is 0.0190. The van der Waals surface area contributed by atoms with Crippen LogP contribution in [-0.4, -0.2) is 71.6 Å². The molecule has 3 saturated heterocycles. The molecule has 2 bridgehead atoms. The van der Waals surface area contributed by atoms with Crippen LogP contribution in [0.1, 0.15) is 66.7 Å². The molecule has 3 atom stereocenters. The second-order valence-corrected chi connectivity index (χ2v) is 13.5. The Morgan fingerprint density at radius 1 is 1.04 bits per heavy atom. The van der Waals surface area contributed by atoms with Crippen LogP contribution in [0, 0.1) is 5.92 Å². The number of unbranched alkanes of at least 4 members (excludes halogenated alkanes) is 3.